The minimum absolute atomic E-state index is 0.0595. The number of amides is 2. The van der Waals surface area contributed by atoms with E-state index in [1.54, 1.807) is 19.1 Å². The summed E-state index contributed by atoms with van der Waals surface area (Å²) in [6, 6.07) is 10.8. The van der Waals surface area contributed by atoms with Gasteiger partial charge in [0.2, 0.25) is 11.8 Å². The summed E-state index contributed by atoms with van der Waals surface area (Å²) >= 11 is 0. The van der Waals surface area contributed by atoms with Crippen LogP contribution in [0.3, 0.4) is 0 Å². The van der Waals surface area contributed by atoms with Crippen molar-refractivity contribution >= 4 is 11.8 Å². The van der Waals surface area contributed by atoms with Gasteiger partial charge >= 0.3 is 0 Å². The van der Waals surface area contributed by atoms with E-state index in [1.807, 2.05) is 29.4 Å². The van der Waals surface area contributed by atoms with Crippen LogP contribution in [-0.4, -0.2) is 52.3 Å². The van der Waals surface area contributed by atoms with Crippen molar-refractivity contribution in [2.45, 2.75) is 57.9 Å². The van der Waals surface area contributed by atoms with Crippen LogP contribution in [0, 0.1) is 11.2 Å². The van der Waals surface area contributed by atoms with E-state index in [-0.39, 0.29) is 23.7 Å². The summed E-state index contributed by atoms with van der Waals surface area (Å²) in [5.41, 5.74) is 1.68. The number of piperidine rings is 1. The molecule has 2 aliphatic heterocycles. The molecule has 1 atom stereocenters. The van der Waals surface area contributed by atoms with Crippen LogP contribution in [0.1, 0.15) is 50.2 Å². The molecule has 2 fully saturated rings. The SMILES string of the molecule is CC(=O)N1CCC(Cc2ccc(F)cc2)(C(=O)N2CCC[C@@H]2CCc2ccncc2)CC1. The topological polar surface area (TPSA) is 53.5 Å². The monoisotopic (exact) mass is 437 g/mol. The number of hydrogen-bond acceptors (Lipinski definition) is 3. The Morgan fingerprint density at radius 3 is 2.38 bits per heavy atom. The number of likely N-dealkylation sites (tertiary alicyclic amines) is 2. The van der Waals surface area contributed by atoms with Crippen molar-refractivity contribution in [2.24, 2.45) is 5.41 Å². The molecule has 4 rings (SSSR count). The van der Waals surface area contributed by atoms with Crippen LogP contribution in [-0.2, 0) is 22.4 Å². The largest absolute Gasteiger partial charge is 0.343 e. The molecule has 6 heteroatoms. The highest BCUT2D eigenvalue weighted by Crippen LogP contribution is 2.39. The van der Waals surface area contributed by atoms with Gasteiger partial charge in [0.25, 0.3) is 0 Å². The van der Waals surface area contributed by atoms with E-state index >= 15 is 0 Å². The Hall–Kier alpha value is -2.76. The number of hydrogen-bond donors (Lipinski definition) is 0. The molecule has 0 saturated carbocycles. The standard InChI is InChI=1S/C26H32FN3O2/c1-20(31)29-17-12-26(13-18-29,19-22-4-7-23(27)8-5-22)25(32)30-16-2-3-24(30)9-6-21-10-14-28-15-11-21/h4-5,7-8,10-11,14-15,24H,2-3,6,9,12-13,16-19H2,1H3/t24-/m1/s1. The maximum atomic E-state index is 14.0. The Bertz CT molecular complexity index is 924. The number of halogens is 1. The fourth-order valence-corrected chi connectivity index (χ4v) is 5.30. The molecule has 0 spiro atoms. The van der Waals surface area contributed by atoms with E-state index < -0.39 is 5.41 Å². The van der Waals surface area contributed by atoms with Crippen LogP contribution < -0.4 is 0 Å². The van der Waals surface area contributed by atoms with Crippen molar-refractivity contribution in [3.8, 4) is 0 Å². The summed E-state index contributed by atoms with van der Waals surface area (Å²) in [4.78, 5) is 33.9. The third kappa shape index (κ3) is 5.00. The molecule has 1 aromatic carbocycles. The van der Waals surface area contributed by atoms with Gasteiger partial charge in [-0.25, -0.2) is 4.39 Å². The molecule has 2 amide bonds. The van der Waals surface area contributed by atoms with E-state index in [0.717, 1.165) is 37.8 Å². The van der Waals surface area contributed by atoms with Crippen LogP contribution in [0.25, 0.3) is 0 Å². The van der Waals surface area contributed by atoms with Gasteiger partial charge in [-0.1, -0.05) is 12.1 Å². The number of aryl methyl sites for hydroxylation is 1. The fourth-order valence-electron chi connectivity index (χ4n) is 5.30. The molecular formula is C26H32FN3O2. The lowest BCUT2D eigenvalue weighted by Gasteiger charge is -2.43. The molecule has 0 aliphatic carbocycles. The van der Waals surface area contributed by atoms with E-state index in [2.05, 4.69) is 9.88 Å². The minimum atomic E-state index is -0.539. The van der Waals surface area contributed by atoms with Gasteiger partial charge in [0.1, 0.15) is 5.82 Å². The predicted octanol–water partition coefficient (Wildman–Crippen LogP) is 4.02. The lowest BCUT2D eigenvalue weighted by Crippen LogP contribution is -2.53. The lowest BCUT2D eigenvalue weighted by atomic mass is 9.72. The molecular weight excluding hydrogens is 405 g/mol. The van der Waals surface area contributed by atoms with Crippen molar-refractivity contribution in [1.82, 2.24) is 14.8 Å². The highest BCUT2D eigenvalue weighted by atomic mass is 19.1. The predicted molar refractivity (Wildman–Crippen MR) is 121 cm³/mol. The van der Waals surface area contributed by atoms with E-state index in [1.165, 1.54) is 17.7 Å². The molecule has 0 unspecified atom stereocenters. The minimum Gasteiger partial charge on any atom is -0.343 e. The van der Waals surface area contributed by atoms with Crippen molar-refractivity contribution in [1.29, 1.82) is 0 Å². The van der Waals surface area contributed by atoms with Crippen LogP contribution in [0.15, 0.2) is 48.8 Å². The summed E-state index contributed by atoms with van der Waals surface area (Å²) in [5, 5.41) is 0. The smallest absolute Gasteiger partial charge is 0.229 e. The zero-order valence-corrected chi connectivity index (χ0v) is 18.8. The number of pyridine rings is 1. The third-order valence-electron chi connectivity index (χ3n) is 7.23. The first-order valence-electron chi connectivity index (χ1n) is 11.7. The molecule has 2 aromatic rings. The summed E-state index contributed by atoms with van der Waals surface area (Å²) < 4.78 is 13.5. The Labute approximate surface area is 189 Å². The maximum Gasteiger partial charge on any atom is 0.229 e. The molecule has 0 bridgehead atoms. The number of carbonyl (C=O) groups is 2. The Balaban J connectivity index is 1.52. The van der Waals surface area contributed by atoms with E-state index in [9.17, 15) is 14.0 Å². The normalized spacial score (nSPS) is 20.4. The summed E-state index contributed by atoms with van der Waals surface area (Å²) in [6.07, 6.45) is 9.45. The molecule has 0 N–H and O–H groups in total. The first-order valence-corrected chi connectivity index (χ1v) is 11.7. The molecule has 3 heterocycles. The summed E-state index contributed by atoms with van der Waals surface area (Å²) in [6.45, 7) is 3.57. The quantitative estimate of drug-likeness (QED) is 0.686. The summed E-state index contributed by atoms with van der Waals surface area (Å²) in [7, 11) is 0. The van der Waals surface area contributed by atoms with Crippen molar-refractivity contribution in [2.75, 3.05) is 19.6 Å². The van der Waals surface area contributed by atoms with Gasteiger partial charge in [-0.15, -0.1) is 0 Å². The van der Waals surface area contributed by atoms with Gasteiger partial charge in [0.15, 0.2) is 0 Å². The number of aromatic nitrogens is 1. The van der Waals surface area contributed by atoms with Crippen LogP contribution in [0.2, 0.25) is 0 Å². The molecule has 32 heavy (non-hydrogen) atoms. The highest BCUT2D eigenvalue weighted by Gasteiger charge is 2.46. The summed E-state index contributed by atoms with van der Waals surface area (Å²) in [5.74, 6) is 0.00253. The number of carbonyl (C=O) groups excluding carboxylic acids is 2. The highest BCUT2D eigenvalue weighted by molar-refractivity contribution is 5.84. The average Bonchev–Trinajstić information content (AvgIpc) is 3.28. The number of benzene rings is 1. The number of nitrogens with zero attached hydrogens (tertiary/aromatic N) is 3. The zero-order chi connectivity index (χ0) is 22.6. The van der Waals surface area contributed by atoms with Crippen LogP contribution in [0.5, 0.6) is 0 Å². The third-order valence-corrected chi connectivity index (χ3v) is 7.23. The molecule has 5 nitrogen and oxygen atoms in total. The van der Waals surface area contributed by atoms with Crippen LogP contribution in [0.4, 0.5) is 4.39 Å². The van der Waals surface area contributed by atoms with Crippen LogP contribution >= 0.6 is 0 Å². The first kappa shape index (κ1) is 22.4. The Morgan fingerprint density at radius 1 is 1.03 bits per heavy atom. The zero-order valence-electron chi connectivity index (χ0n) is 18.8. The van der Waals surface area contributed by atoms with Gasteiger partial charge in [-0.05, 0) is 80.3 Å². The molecule has 170 valence electrons. The number of rotatable bonds is 6. The van der Waals surface area contributed by atoms with E-state index in [4.69, 9.17) is 0 Å². The Morgan fingerprint density at radius 2 is 1.72 bits per heavy atom. The van der Waals surface area contributed by atoms with Gasteiger partial charge in [-0.3, -0.25) is 14.6 Å². The van der Waals surface area contributed by atoms with Gasteiger partial charge in [0.05, 0.1) is 5.41 Å². The van der Waals surface area contributed by atoms with Gasteiger partial charge in [0, 0.05) is 45.0 Å². The van der Waals surface area contributed by atoms with E-state index in [0.29, 0.717) is 32.4 Å². The average molecular weight is 438 g/mol. The second-order valence-electron chi connectivity index (χ2n) is 9.28. The maximum absolute atomic E-state index is 14.0. The molecule has 2 saturated heterocycles. The second kappa shape index (κ2) is 9.80. The van der Waals surface area contributed by atoms with Gasteiger partial charge < -0.3 is 9.80 Å². The second-order valence-corrected chi connectivity index (χ2v) is 9.28. The molecule has 1 aromatic heterocycles. The first-order chi connectivity index (χ1) is 15.5. The van der Waals surface area contributed by atoms with Crippen molar-refractivity contribution in [3.63, 3.8) is 0 Å². The molecule has 2 aliphatic rings. The Kier molecular flexibility index (Phi) is 6.87. The lowest BCUT2D eigenvalue weighted by molar-refractivity contribution is -0.148. The van der Waals surface area contributed by atoms with Crippen molar-refractivity contribution < 1.29 is 14.0 Å². The van der Waals surface area contributed by atoms with Crippen molar-refractivity contribution in [3.05, 3.63) is 65.7 Å². The molecule has 0 radical (unpaired) electrons. The van der Waals surface area contributed by atoms with Gasteiger partial charge in [-0.2, -0.15) is 0 Å². The fraction of sp³-hybridized carbons (Fsp3) is 0.500.